The van der Waals surface area contributed by atoms with Crippen LogP contribution in [-0.2, 0) is 10.0 Å². The molecule has 0 bridgehead atoms. The Bertz CT molecular complexity index is 641. The number of benzene rings is 1. The fourth-order valence-electron chi connectivity index (χ4n) is 3.06. The Morgan fingerprint density at radius 2 is 1.76 bits per heavy atom. The van der Waals surface area contributed by atoms with Crippen LogP contribution >= 0.6 is 12.4 Å². The second-order valence-electron chi connectivity index (χ2n) is 5.79. The van der Waals surface area contributed by atoms with Crippen LogP contribution in [0.4, 0.5) is 0 Å². The molecule has 1 aliphatic heterocycles. The van der Waals surface area contributed by atoms with E-state index in [4.69, 9.17) is 14.2 Å². The molecule has 144 valence electrons. The van der Waals surface area contributed by atoms with Gasteiger partial charge in [0.05, 0.1) is 21.3 Å². The van der Waals surface area contributed by atoms with Crippen molar-refractivity contribution in [2.24, 2.45) is 5.92 Å². The number of piperidine rings is 1. The third kappa shape index (κ3) is 4.69. The summed E-state index contributed by atoms with van der Waals surface area (Å²) in [5.41, 5.74) is 0. The average Bonchev–Trinajstić information content (AvgIpc) is 2.60. The van der Waals surface area contributed by atoms with Crippen molar-refractivity contribution in [1.82, 2.24) is 9.62 Å². The van der Waals surface area contributed by atoms with Crippen LogP contribution in [0.3, 0.4) is 0 Å². The molecule has 0 spiro atoms. The fraction of sp³-hybridized carbons (Fsp3) is 0.625. The van der Waals surface area contributed by atoms with E-state index in [9.17, 15) is 8.42 Å². The molecular weight excluding hydrogens is 368 g/mol. The topological polar surface area (TPSA) is 77.1 Å². The third-order valence-corrected chi connectivity index (χ3v) is 6.17. The van der Waals surface area contributed by atoms with E-state index in [0.29, 0.717) is 24.8 Å². The Labute approximate surface area is 156 Å². The maximum atomic E-state index is 13.2. The summed E-state index contributed by atoms with van der Waals surface area (Å²) >= 11 is 0. The molecule has 1 N–H and O–H groups in total. The van der Waals surface area contributed by atoms with Gasteiger partial charge in [-0.25, -0.2) is 8.42 Å². The summed E-state index contributed by atoms with van der Waals surface area (Å²) in [5.74, 6) is 1.23. The second-order valence-corrected chi connectivity index (χ2v) is 7.66. The Morgan fingerprint density at radius 1 is 1.16 bits per heavy atom. The lowest BCUT2D eigenvalue weighted by Gasteiger charge is -2.32. The van der Waals surface area contributed by atoms with Crippen molar-refractivity contribution in [3.05, 3.63) is 12.1 Å². The monoisotopic (exact) mass is 394 g/mol. The highest BCUT2D eigenvalue weighted by atomic mass is 35.5. The molecule has 1 aromatic carbocycles. The minimum absolute atomic E-state index is 0. The lowest BCUT2D eigenvalue weighted by atomic mass is 10.00. The van der Waals surface area contributed by atoms with Crippen molar-refractivity contribution in [2.45, 2.75) is 17.7 Å². The largest absolute Gasteiger partial charge is 0.496 e. The summed E-state index contributed by atoms with van der Waals surface area (Å²) in [7, 11) is 2.54. The number of nitrogens with zero attached hydrogens (tertiary/aromatic N) is 1. The first-order chi connectivity index (χ1) is 11.5. The van der Waals surface area contributed by atoms with E-state index >= 15 is 0 Å². The minimum Gasteiger partial charge on any atom is -0.496 e. The smallest absolute Gasteiger partial charge is 0.250 e. The molecule has 1 fully saturated rings. The fourth-order valence-corrected chi connectivity index (χ4v) is 4.89. The van der Waals surface area contributed by atoms with Crippen LogP contribution in [0.1, 0.15) is 12.8 Å². The van der Waals surface area contributed by atoms with E-state index < -0.39 is 10.0 Å². The molecule has 1 saturated heterocycles. The van der Waals surface area contributed by atoms with Crippen molar-refractivity contribution in [1.29, 1.82) is 0 Å². The van der Waals surface area contributed by atoms with Crippen LogP contribution in [0.2, 0.25) is 0 Å². The van der Waals surface area contributed by atoms with Crippen LogP contribution in [0.25, 0.3) is 0 Å². The number of hydrogen-bond donors (Lipinski definition) is 1. The van der Waals surface area contributed by atoms with Crippen molar-refractivity contribution in [2.75, 3.05) is 48.0 Å². The molecule has 25 heavy (non-hydrogen) atoms. The van der Waals surface area contributed by atoms with Gasteiger partial charge >= 0.3 is 0 Å². The molecule has 0 radical (unpaired) electrons. The van der Waals surface area contributed by atoms with Gasteiger partial charge in [0.1, 0.15) is 17.2 Å². The van der Waals surface area contributed by atoms with Crippen LogP contribution in [0.5, 0.6) is 17.2 Å². The summed E-state index contributed by atoms with van der Waals surface area (Å²) in [6.45, 7) is 1.78. The van der Waals surface area contributed by atoms with Gasteiger partial charge in [-0.3, -0.25) is 0 Å². The number of hydrogen-bond acceptors (Lipinski definition) is 6. The Morgan fingerprint density at radius 3 is 2.24 bits per heavy atom. The summed E-state index contributed by atoms with van der Waals surface area (Å²) in [6, 6.07) is 3.12. The van der Waals surface area contributed by atoms with Gasteiger partial charge in [-0.2, -0.15) is 4.31 Å². The zero-order valence-corrected chi connectivity index (χ0v) is 16.7. The lowest BCUT2D eigenvalue weighted by Crippen LogP contribution is -2.42. The van der Waals surface area contributed by atoms with Gasteiger partial charge in [-0.1, -0.05) is 0 Å². The molecule has 0 aromatic heterocycles. The normalized spacial score (nSPS) is 18.3. The predicted molar refractivity (Wildman–Crippen MR) is 98.8 cm³/mol. The number of halogens is 1. The first-order valence-electron chi connectivity index (χ1n) is 7.92. The van der Waals surface area contributed by atoms with Gasteiger partial charge in [0.25, 0.3) is 0 Å². The first kappa shape index (κ1) is 21.8. The van der Waals surface area contributed by atoms with Gasteiger partial charge in [0.2, 0.25) is 10.0 Å². The van der Waals surface area contributed by atoms with Gasteiger partial charge in [-0.05, 0) is 32.4 Å². The molecule has 0 amide bonds. The van der Waals surface area contributed by atoms with Crippen LogP contribution in [0, 0.1) is 5.92 Å². The van der Waals surface area contributed by atoms with E-state index in [2.05, 4.69) is 5.32 Å². The molecule has 0 aliphatic carbocycles. The van der Waals surface area contributed by atoms with E-state index in [1.807, 2.05) is 7.05 Å². The van der Waals surface area contributed by atoms with Crippen LogP contribution in [0.15, 0.2) is 17.0 Å². The Kier molecular flexibility index (Phi) is 8.27. The highest BCUT2D eigenvalue weighted by molar-refractivity contribution is 7.89. The number of nitrogens with one attached hydrogen (secondary N) is 1. The molecule has 1 heterocycles. The van der Waals surface area contributed by atoms with E-state index in [1.54, 1.807) is 12.1 Å². The summed E-state index contributed by atoms with van der Waals surface area (Å²) < 4.78 is 43.7. The van der Waals surface area contributed by atoms with Crippen molar-refractivity contribution >= 4 is 22.4 Å². The number of ether oxygens (including phenoxy) is 3. The molecule has 1 unspecified atom stereocenters. The molecule has 2 rings (SSSR count). The van der Waals surface area contributed by atoms with Crippen LogP contribution < -0.4 is 19.5 Å². The van der Waals surface area contributed by atoms with E-state index in [1.165, 1.54) is 25.6 Å². The summed E-state index contributed by atoms with van der Waals surface area (Å²) in [4.78, 5) is 0.0541. The first-order valence-corrected chi connectivity index (χ1v) is 9.36. The van der Waals surface area contributed by atoms with Crippen LogP contribution in [-0.4, -0.2) is 60.7 Å². The molecule has 7 nitrogen and oxygen atoms in total. The van der Waals surface area contributed by atoms with Gasteiger partial charge in [0, 0.05) is 25.2 Å². The Hall–Kier alpha value is -1.22. The van der Waals surface area contributed by atoms with Gasteiger partial charge in [-0.15, -0.1) is 12.4 Å². The number of sulfonamides is 1. The Balaban J connectivity index is 0.00000312. The van der Waals surface area contributed by atoms with E-state index in [-0.39, 0.29) is 28.8 Å². The second kappa shape index (κ2) is 9.47. The van der Waals surface area contributed by atoms with E-state index in [0.717, 1.165) is 19.4 Å². The molecule has 1 atom stereocenters. The summed E-state index contributed by atoms with van der Waals surface area (Å²) in [6.07, 6.45) is 1.86. The van der Waals surface area contributed by atoms with Crippen molar-refractivity contribution < 1.29 is 22.6 Å². The standard InChI is InChI=1S/C16H26N2O5S.ClH/c1-17-10-12-6-5-7-18(11-12)24(19,20)16-14(22-3)8-13(21-2)9-15(16)23-4;/h8-9,12,17H,5-7,10-11H2,1-4H3;1H. The zero-order valence-electron chi connectivity index (χ0n) is 15.1. The molecule has 0 saturated carbocycles. The van der Waals surface area contributed by atoms with Gasteiger partial charge < -0.3 is 19.5 Å². The SMILES string of the molecule is CNCC1CCCN(S(=O)(=O)c2c(OC)cc(OC)cc2OC)C1.Cl. The minimum atomic E-state index is -3.72. The molecule has 9 heteroatoms. The average molecular weight is 395 g/mol. The lowest BCUT2D eigenvalue weighted by molar-refractivity contribution is 0.261. The van der Waals surface area contributed by atoms with Gasteiger partial charge in [0.15, 0.2) is 4.90 Å². The van der Waals surface area contributed by atoms with Crippen molar-refractivity contribution in [3.8, 4) is 17.2 Å². The molecular formula is C16H27ClN2O5S. The maximum absolute atomic E-state index is 13.2. The molecule has 1 aliphatic rings. The highest BCUT2D eigenvalue weighted by Crippen LogP contribution is 2.40. The quantitative estimate of drug-likeness (QED) is 0.759. The molecule has 1 aromatic rings. The highest BCUT2D eigenvalue weighted by Gasteiger charge is 2.35. The third-order valence-electron chi connectivity index (χ3n) is 4.24. The summed E-state index contributed by atoms with van der Waals surface area (Å²) in [5, 5.41) is 3.12. The zero-order chi connectivity index (χ0) is 17.7. The maximum Gasteiger partial charge on any atom is 0.250 e. The van der Waals surface area contributed by atoms with Crippen molar-refractivity contribution in [3.63, 3.8) is 0 Å². The number of rotatable bonds is 7. The number of methoxy groups -OCH3 is 3. The predicted octanol–water partition coefficient (Wildman–Crippen LogP) is 1.75.